The molecule has 0 radical (unpaired) electrons. The summed E-state index contributed by atoms with van der Waals surface area (Å²) in [6.07, 6.45) is 27.0. The molecule has 3 aliphatic carbocycles. The normalized spacial score (nSPS) is 23.6. The summed E-state index contributed by atoms with van der Waals surface area (Å²) in [5.74, 6) is 5.20. The Morgan fingerprint density at radius 3 is 1.52 bits per heavy atom. The van der Waals surface area contributed by atoms with Gasteiger partial charge in [0, 0.05) is 16.6 Å². The average molecular weight is 849 g/mol. The second-order valence-corrected chi connectivity index (χ2v) is 21.2. The molecule has 0 heterocycles. The van der Waals surface area contributed by atoms with Gasteiger partial charge in [-0.25, -0.2) is 9.59 Å². The van der Waals surface area contributed by atoms with Gasteiger partial charge in [0.05, 0.1) is 33.0 Å². The number of carbonyl (C=O) groups is 2. The van der Waals surface area contributed by atoms with Crippen molar-refractivity contribution in [3.63, 3.8) is 0 Å². The summed E-state index contributed by atoms with van der Waals surface area (Å²) in [6.45, 7) is 20.4. The number of ether oxygens (including phenoxy) is 3. The number of rotatable bonds is 25. The van der Waals surface area contributed by atoms with Gasteiger partial charge in [0.15, 0.2) is 0 Å². The van der Waals surface area contributed by atoms with Crippen molar-refractivity contribution >= 4 is 11.9 Å². The van der Waals surface area contributed by atoms with Gasteiger partial charge in [-0.2, -0.15) is 0 Å². The number of aliphatic hydroxyl groups is 2. The van der Waals surface area contributed by atoms with Gasteiger partial charge in [-0.1, -0.05) is 91.5 Å². The smallest absolute Gasteiger partial charge is 0.333 e. The Balaban J connectivity index is 1.46. The molecule has 2 N–H and O–H groups in total. The Morgan fingerprint density at radius 2 is 1.10 bits per heavy atom. The summed E-state index contributed by atoms with van der Waals surface area (Å²) in [7, 11) is 0. The minimum absolute atomic E-state index is 0.0821. The van der Waals surface area contributed by atoms with Crippen LogP contribution in [-0.4, -0.2) is 55.2 Å². The number of aryl methyl sites for hydroxylation is 2. The van der Waals surface area contributed by atoms with Crippen LogP contribution in [0.2, 0.25) is 0 Å². The van der Waals surface area contributed by atoms with Crippen molar-refractivity contribution in [1.29, 1.82) is 0 Å². The van der Waals surface area contributed by atoms with Gasteiger partial charge >= 0.3 is 11.9 Å². The number of carbonyl (C=O) groups excluding carboxylic acids is 2. The molecule has 3 aliphatic rings. The van der Waals surface area contributed by atoms with E-state index in [-0.39, 0.29) is 30.6 Å². The summed E-state index contributed by atoms with van der Waals surface area (Å²) >= 11 is 0. The van der Waals surface area contributed by atoms with E-state index < -0.39 is 5.41 Å². The quantitative estimate of drug-likeness (QED) is 0.0574. The molecular weight excluding hydrogens is 761 g/mol. The largest absolute Gasteiger partial charge is 0.493 e. The van der Waals surface area contributed by atoms with Crippen molar-refractivity contribution in [2.75, 3.05) is 33.0 Å². The average Bonchev–Trinajstić information content (AvgIpc) is 3.25. The second-order valence-electron chi connectivity index (χ2n) is 21.2. The molecule has 7 nitrogen and oxygen atoms in total. The van der Waals surface area contributed by atoms with Crippen LogP contribution in [0.1, 0.15) is 199 Å². The summed E-state index contributed by atoms with van der Waals surface area (Å²) in [4.78, 5) is 24.5. The first-order valence-corrected chi connectivity index (χ1v) is 24.8. The fourth-order valence-corrected chi connectivity index (χ4v) is 10.8. The van der Waals surface area contributed by atoms with E-state index >= 15 is 0 Å². The van der Waals surface area contributed by atoms with E-state index in [9.17, 15) is 19.8 Å². The summed E-state index contributed by atoms with van der Waals surface area (Å²) in [6, 6.07) is 4.69. The molecule has 0 spiro atoms. The standard InChI is InChI=1S/C54H88O7/c1-9-10-11-14-41-17-19-42(20-18-41)43-21-23-44(24-22-43)45-25-27-46(28-26-45)49-35-47(15-12-32-60-51(57)39(2)3)50(48(36-49)16-13-33-61-52(58)40(4)5)59-34-31-54(37-55,38-56)30-29-53(6,7)8/h35-36,41-46,55-56H,2,4,9-34,37-38H2,1,3,5-8H3. The third kappa shape index (κ3) is 16.8. The van der Waals surface area contributed by atoms with E-state index in [1.807, 2.05) is 0 Å². The zero-order chi connectivity index (χ0) is 44.4. The molecule has 0 saturated heterocycles. The lowest BCUT2D eigenvalue weighted by Gasteiger charge is -2.41. The van der Waals surface area contributed by atoms with Crippen molar-refractivity contribution in [2.24, 2.45) is 40.4 Å². The van der Waals surface area contributed by atoms with Crippen LogP contribution in [0.3, 0.4) is 0 Å². The molecule has 3 fully saturated rings. The van der Waals surface area contributed by atoms with Gasteiger partial charge in [0.25, 0.3) is 0 Å². The lowest BCUT2D eigenvalue weighted by atomic mass is 9.64. The predicted molar refractivity (Wildman–Crippen MR) is 250 cm³/mol. The molecule has 0 aromatic heterocycles. The summed E-state index contributed by atoms with van der Waals surface area (Å²) < 4.78 is 17.8. The van der Waals surface area contributed by atoms with E-state index in [0.717, 1.165) is 52.9 Å². The fourth-order valence-electron chi connectivity index (χ4n) is 10.8. The third-order valence-electron chi connectivity index (χ3n) is 15.1. The Morgan fingerprint density at radius 1 is 0.639 bits per heavy atom. The van der Waals surface area contributed by atoms with Gasteiger partial charge in [-0.05, 0) is 181 Å². The molecule has 0 atom stereocenters. The van der Waals surface area contributed by atoms with Crippen molar-refractivity contribution < 1.29 is 34.0 Å². The molecule has 0 amide bonds. The van der Waals surface area contributed by atoms with Crippen LogP contribution >= 0.6 is 0 Å². The van der Waals surface area contributed by atoms with Gasteiger partial charge in [-0.15, -0.1) is 0 Å². The molecule has 1 aromatic rings. The number of hydrogen-bond acceptors (Lipinski definition) is 7. The highest BCUT2D eigenvalue weighted by atomic mass is 16.5. The van der Waals surface area contributed by atoms with Crippen LogP contribution in [0.25, 0.3) is 0 Å². The van der Waals surface area contributed by atoms with Crippen LogP contribution in [0.5, 0.6) is 5.75 Å². The monoisotopic (exact) mass is 849 g/mol. The third-order valence-corrected chi connectivity index (χ3v) is 15.1. The lowest BCUT2D eigenvalue weighted by molar-refractivity contribution is -0.139. The maximum absolute atomic E-state index is 12.2. The Kier molecular flexibility index (Phi) is 21.4. The van der Waals surface area contributed by atoms with Crippen LogP contribution in [0.4, 0.5) is 0 Å². The van der Waals surface area contributed by atoms with E-state index in [1.54, 1.807) is 13.8 Å². The molecular formula is C54H88O7. The molecule has 0 unspecified atom stereocenters. The minimum Gasteiger partial charge on any atom is -0.493 e. The van der Waals surface area contributed by atoms with Gasteiger partial charge in [0.1, 0.15) is 5.75 Å². The maximum atomic E-state index is 12.2. The lowest BCUT2D eigenvalue weighted by Crippen LogP contribution is -2.33. The predicted octanol–water partition coefficient (Wildman–Crippen LogP) is 12.8. The van der Waals surface area contributed by atoms with E-state index in [2.05, 4.69) is 53.0 Å². The summed E-state index contributed by atoms with van der Waals surface area (Å²) in [5, 5.41) is 21.0. The van der Waals surface area contributed by atoms with Crippen molar-refractivity contribution in [3.8, 4) is 5.75 Å². The Bertz CT molecular complexity index is 1440. The topological polar surface area (TPSA) is 102 Å². The van der Waals surface area contributed by atoms with Crippen LogP contribution in [-0.2, 0) is 31.9 Å². The highest BCUT2D eigenvalue weighted by molar-refractivity contribution is 5.87. The fraction of sp³-hybridized carbons (Fsp3) is 0.778. The van der Waals surface area contributed by atoms with E-state index in [0.29, 0.717) is 75.4 Å². The van der Waals surface area contributed by atoms with Crippen molar-refractivity contribution in [3.05, 3.63) is 53.1 Å². The zero-order valence-electron chi connectivity index (χ0n) is 39.8. The Labute approximate surface area is 372 Å². The van der Waals surface area contributed by atoms with Gasteiger partial charge in [-0.3, -0.25) is 0 Å². The highest BCUT2D eigenvalue weighted by Crippen LogP contribution is 2.48. The molecule has 1 aromatic carbocycles. The number of hydrogen-bond donors (Lipinski definition) is 2. The molecule has 3 saturated carbocycles. The number of aliphatic hydroxyl groups excluding tert-OH is 2. The first-order chi connectivity index (χ1) is 29.2. The molecule has 346 valence electrons. The van der Waals surface area contributed by atoms with E-state index in [4.69, 9.17) is 14.2 Å². The summed E-state index contributed by atoms with van der Waals surface area (Å²) in [5.41, 5.74) is 3.78. The Hall–Kier alpha value is -2.64. The molecule has 0 bridgehead atoms. The van der Waals surface area contributed by atoms with Crippen LogP contribution in [0, 0.1) is 40.4 Å². The second kappa shape index (κ2) is 25.6. The molecule has 0 aliphatic heterocycles. The maximum Gasteiger partial charge on any atom is 0.333 e. The molecule has 61 heavy (non-hydrogen) atoms. The first kappa shape index (κ1) is 51.0. The number of unbranched alkanes of at least 4 members (excludes halogenated alkanes) is 2. The molecule has 7 heteroatoms. The van der Waals surface area contributed by atoms with Crippen LogP contribution < -0.4 is 4.74 Å². The minimum atomic E-state index is -0.633. The highest BCUT2D eigenvalue weighted by Gasteiger charge is 2.36. The van der Waals surface area contributed by atoms with Gasteiger partial charge < -0.3 is 24.4 Å². The molecule has 4 rings (SSSR count). The van der Waals surface area contributed by atoms with Crippen molar-refractivity contribution in [2.45, 2.75) is 195 Å². The first-order valence-electron chi connectivity index (χ1n) is 24.8. The van der Waals surface area contributed by atoms with Gasteiger partial charge in [0.2, 0.25) is 0 Å². The van der Waals surface area contributed by atoms with Crippen molar-refractivity contribution in [1.82, 2.24) is 0 Å². The number of benzene rings is 1. The van der Waals surface area contributed by atoms with E-state index in [1.165, 1.54) is 108 Å². The zero-order valence-corrected chi connectivity index (χ0v) is 39.8. The SMILES string of the molecule is C=C(C)C(=O)OCCCc1cc(C2CCC(C3CCC(C4CCC(CCCCC)CC4)CC3)CC2)cc(CCCOC(=O)C(=C)C)c1OCCC(CO)(CO)CCC(C)(C)C. The number of esters is 2. The van der Waals surface area contributed by atoms with Crippen LogP contribution in [0.15, 0.2) is 36.4 Å².